The summed E-state index contributed by atoms with van der Waals surface area (Å²) in [6.07, 6.45) is -3.97. The Bertz CT molecular complexity index is 632. The lowest BCUT2D eigenvalue weighted by atomic mass is 9.82. The Morgan fingerprint density at radius 2 is 1.64 bits per heavy atom. The number of amides is 1. The highest BCUT2D eigenvalue weighted by Gasteiger charge is 2.37. The van der Waals surface area contributed by atoms with Crippen LogP contribution in [0.5, 0.6) is 5.75 Å². The smallest absolute Gasteiger partial charge is 0.481 e. The van der Waals surface area contributed by atoms with Crippen LogP contribution >= 0.6 is 0 Å². The quantitative estimate of drug-likeness (QED) is 0.897. The molecule has 0 saturated carbocycles. The van der Waals surface area contributed by atoms with Crippen LogP contribution in [0.2, 0.25) is 0 Å². The number of carboxylic acids is 1. The van der Waals surface area contributed by atoms with Gasteiger partial charge >= 0.3 is 12.3 Å². The van der Waals surface area contributed by atoms with Gasteiger partial charge in [0.2, 0.25) is 5.91 Å². The van der Waals surface area contributed by atoms with Crippen LogP contribution in [0.1, 0.15) is 32.3 Å². The standard InChI is InChI=1S/C17H20F3NO4/c1-16(2,12-3-5-13(6-4-12)25-17(18,19)20)15(24)21-9-7-11(8-10-21)14(22)23/h3-6,11H,7-10H2,1-2H3,(H,22,23). The molecule has 0 aromatic heterocycles. The number of nitrogens with zero attached hydrogens (tertiary/aromatic N) is 1. The summed E-state index contributed by atoms with van der Waals surface area (Å²) in [5.74, 6) is -1.82. The van der Waals surface area contributed by atoms with E-state index >= 15 is 0 Å². The summed E-state index contributed by atoms with van der Waals surface area (Å²) in [6.45, 7) is 4.10. The van der Waals surface area contributed by atoms with Crippen molar-refractivity contribution in [2.24, 2.45) is 5.92 Å². The highest BCUT2D eigenvalue weighted by Crippen LogP contribution is 2.31. The Morgan fingerprint density at radius 3 is 2.08 bits per heavy atom. The van der Waals surface area contributed by atoms with Crippen molar-refractivity contribution >= 4 is 11.9 Å². The Morgan fingerprint density at radius 1 is 1.12 bits per heavy atom. The summed E-state index contributed by atoms with van der Waals surface area (Å²) in [6, 6.07) is 5.22. The van der Waals surface area contributed by atoms with Gasteiger partial charge in [0.1, 0.15) is 5.75 Å². The van der Waals surface area contributed by atoms with E-state index in [1.54, 1.807) is 18.7 Å². The van der Waals surface area contributed by atoms with Crippen molar-refractivity contribution in [3.05, 3.63) is 29.8 Å². The molecule has 1 aliphatic heterocycles. The maximum Gasteiger partial charge on any atom is 0.573 e. The van der Waals surface area contributed by atoms with Crippen LogP contribution in [-0.4, -0.2) is 41.3 Å². The minimum Gasteiger partial charge on any atom is -0.481 e. The Hall–Kier alpha value is -2.25. The van der Waals surface area contributed by atoms with Gasteiger partial charge in [0.15, 0.2) is 0 Å². The van der Waals surface area contributed by atoms with Crippen molar-refractivity contribution in [2.45, 2.75) is 38.5 Å². The first kappa shape index (κ1) is 19.1. The molecule has 0 bridgehead atoms. The second kappa shape index (κ2) is 6.93. The molecule has 1 aliphatic rings. The number of halogens is 3. The summed E-state index contributed by atoms with van der Waals surface area (Å²) >= 11 is 0. The molecule has 2 rings (SSSR count). The molecule has 1 aromatic rings. The molecule has 1 aromatic carbocycles. The van der Waals surface area contributed by atoms with Gasteiger partial charge in [-0.3, -0.25) is 9.59 Å². The van der Waals surface area contributed by atoms with Crippen LogP contribution in [0.25, 0.3) is 0 Å². The van der Waals surface area contributed by atoms with E-state index < -0.39 is 23.7 Å². The third-order valence-electron chi connectivity index (χ3n) is 4.48. The predicted octanol–water partition coefficient (Wildman–Crippen LogP) is 3.19. The van der Waals surface area contributed by atoms with Gasteiger partial charge in [-0.05, 0) is 44.4 Å². The zero-order valence-electron chi connectivity index (χ0n) is 14.0. The van der Waals surface area contributed by atoms with E-state index in [-0.39, 0.29) is 11.7 Å². The largest absolute Gasteiger partial charge is 0.573 e. The maximum absolute atomic E-state index is 12.8. The molecule has 5 nitrogen and oxygen atoms in total. The number of rotatable bonds is 4. The number of alkyl halides is 3. The van der Waals surface area contributed by atoms with Gasteiger partial charge < -0.3 is 14.7 Å². The van der Waals surface area contributed by atoms with E-state index in [1.807, 2.05) is 0 Å². The lowest BCUT2D eigenvalue weighted by Gasteiger charge is -2.36. The molecule has 0 spiro atoms. The molecule has 138 valence electrons. The monoisotopic (exact) mass is 359 g/mol. The van der Waals surface area contributed by atoms with Crippen molar-refractivity contribution < 1.29 is 32.6 Å². The molecule has 0 unspecified atom stereocenters. The lowest BCUT2D eigenvalue weighted by molar-refractivity contribution is -0.274. The topological polar surface area (TPSA) is 66.8 Å². The van der Waals surface area contributed by atoms with Gasteiger partial charge in [0.05, 0.1) is 11.3 Å². The SMILES string of the molecule is CC(C)(C(=O)N1CCC(C(=O)O)CC1)c1ccc(OC(F)(F)F)cc1. The van der Waals surface area contributed by atoms with Crippen LogP contribution in [0, 0.1) is 5.92 Å². The number of likely N-dealkylation sites (tertiary alicyclic amines) is 1. The van der Waals surface area contributed by atoms with Crippen molar-refractivity contribution in [3.8, 4) is 5.75 Å². The number of aliphatic carboxylic acids is 1. The molecule has 0 radical (unpaired) electrons. The molecule has 1 N–H and O–H groups in total. The summed E-state index contributed by atoms with van der Waals surface area (Å²) in [7, 11) is 0. The second-order valence-corrected chi connectivity index (χ2v) is 6.60. The van der Waals surface area contributed by atoms with Gasteiger partial charge in [-0.1, -0.05) is 12.1 Å². The van der Waals surface area contributed by atoms with E-state index in [9.17, 15) is 22.8 Å². The molecule has 1 heterocycles. The number of hydrogen-bond donors (Lipinski definition) is 1. The minimum absolute atomic E-state index is 0.180. The maximum atomic E-state index is 12.8. The van der Waals surface area contributed by atoms with Gasteiger partial charge in [-0.15, -0.1) is 13.2 Å². The molecule has 0 aliphatic carbocycles. The summed E-state index contributed by atoms with van der Waals surface area (Å²) < 4.78 is 40.5. The van der Waals surface area contributed by atoms with E-state index in [2.05, 4.69) is 4.74 Å². The summed E-state index contributed by atoms with van der Waals surface area (Å²) in [5.41, 5.74) is -0.375. The lowest BCUT2D eigenvalue weighted by Crippen LogP contribution is -2.47. The van der Waals surface area contributed by atoms with Crippen LogP contribution in [0.3, 0.4) is 0 Å². The average Bonchev–Trinajstić information content (AvgIpc) is 2.53. The zero-order valence-corrected chi connectivity index (χ0v) is 14.0. The highest BCUT2D eigenvalue weighted by atomic mass is 19.4. The van der Waals surface area contributed by atoms with Gasteiger partial charge in [-0.2, -0.15) is 0 Å². The predicted molar refractivity (Wildman–Crippen MR) is 83.1 cm³/mol. The summed E-state index contributed by atoms with van der Waals surface area (Å²) in [4.78, 5) is 25.4. The van der Waals surface area contributed by atoms with Crippen molar-refractivity contribution in [1.82, 2.24) is 4.90 Å². The number of carboxylic acid groups (broad SMARTS) is 1. The summed E-state index contributed by atoms with van der Waals surface area (Å²) in [5, 5.41) is 9.01. The van der Waals surface area contributed by atoms with Crippen LogP contribution in [0.15, 0.2) is 24.3 Å². The molecule has 1 amide bonds. The van der Waals surface area contributed by atoms with E-state index in [4.69, 9.17) is 5.11 Å². The highest BCUT2D eigenvalue weighted by molar-refractivity contribution is 5.87. The molecular formula is C17H20F3NO4. The first-order valence-corrected chi connectivity index (χ1v) is 7.89. The molecular weight excluding hydrogens is 339 g/mol. The number of benzene rings is 1. The van der Waals surface area contributed by atoms with Gasteiger partial charge in [0.25, 0.3) is 0 Å². The Labute approximate surface area is 143 Å². The fraction of sp³-hybridized carbons (Fsp3) is 0.529. The molecule has 1 saturated heterocycles. The third-order valence-corrected chi connectivity index (χ3v) is 4.48. The number of carbonyl (C=O) groups is 2. The fourth-order valence-corrected chi connectivity index (χ4v) is 2.92. The van der Waals surface area contributed by atoms with Crippen LogP contribution in [-0.2, 0) is 15.0 Å². The Balaban J connectivity index is 2.07. The first-order valence-electron chi connectivity index (χ1n) is 7.89. The van der Waals surface area contributed by atoms with Crippen LogP contribution in [0.4, 0.5) is 13.2 Å². The van der Waals surface area contributed by atoms with E-state index in [1.165, 1.54) is 24.3 Å². The average molecular weight is 359 g/mol. The number of piperidine rings is 1. The van der Waals surface area contributed by atoms with Crippen molar-refractivity contribution in [3.63, 3.8) is 0 Å². The van der Waals surface area contributed by atoms with Gasteiger partial charge in [0, 0.05) is 13.1 Å². The normalized spacial score (nSPS) is 16.6. The Kier molecular flexibility index (Phi) is 5.29. The fourth-order valence-electron chi connectivity index (χ4n) is 2.92. The zero-order chi connectivity index (χ0) is 18.8. The number of hydrogen-bond acceptors (Lipinski definition) is 3. The van der Waals surface area contributed by atoms with Crippen LogP contribution < -0.4 is 4.74 Å². The van der Waals surface area contributed by atoms with E-state index in [0.29, 0.717) is 31.5 Å². The molecule has 8 heteroatoms. The van der Waals surface area contributed by atoms with Crippen molar-refractivity contribution in [2.75, 3.05) is 13.1 Å². The van der Waals surface area contributed by atoms with Gasteiger partial charge in [-0.25, -0.2) is 0 Å². The molecule has 25 heavy (non-hydrogen) atoms. The third kappa shape index (κ3) is 4.64. The minimum atomic E-state index is -4.76. The second-order valence-electron chi connectivity index (χ2n) is 6.60. The van der Waals surface area contributed by atoms with E-state index in [0.717, 1.165) is 0 Å². The van der Waals surface area contributed by atoms with Crippen molar-refractivity contribution in [1.29, 1.82) is 0 Å². The molecule has 0 atom stereocenters. The molecule has 1 fully saturated rings. The number of ether oxygens (including phenoxy) is 1. The first-order chi connectivity index (χ1) is 11.5. The number of carbonyl (C=O) groups excluding carboxylic acids is 1.